The van der Waals surface area contributed by atoms with E-state index >= 15 is 0 Å². The van der Waals surface area contributed by atoms with Gasteiger partial charge < -0.3 is 0 Å². The van der Waals surface area contributed by atoms with Gasteiger partial charge in [0.05, 0.1) is 5.02 Å². The van der Waals surface area contributed by atoms with Crippen LogP contribution in [0.25, 0.3) is 11.1 Å². The van der Waals surface area contributed by atoms with E-state index in [0.717, 1.165) is 30.5 Å². The third kappa shape index (κ3) is 4.39. The molecule has 0 atom stereocenters. The molecule has 0 aliphatic carbocycles. The fourth-order valence-electron chi connectivity index (χ4n) is 3.18. The molecule has 28 heavy (non-hydrogen) atoms. The van der Waals surface area contributed by atoms with Gasteiger partial charge in [-0.3, -0.25) is 0 Å². The van der Waals surface area contributed by atoms with E-state index in [1.807, 2.05) is 24.3 Å². The number of halogens is 5. The summed E-state index contributed by atoms with van der Waals surface area (Å²) in [4.78, 5) is 0. The first-order valence-electron chi connectivity index (χ1n) is 9.10. The Morgan fingerprint density at radius 2 is 1.36 bits per heavy atom. The van der Waals surface area contributed by atoms with Crippen molar-refractivity contribution in [1.29, 1.82) is 0 Å². The van der Waals surface area contributed by atoms with Crippen LogP contribution in [-0.4, -0.2) is 0 Å². The minimum Gasteiger partial charge on any atom is -0.205 e. The van der Waals surface area contributed by atoms with Gasteiger partial charge in [0.25, 0.3) is 0 Å². The summed E-state index contributed by atoms with van der Waals surface area (Å²) in [6.07, 6.45) is 2.48. The minimum absolute atomic E-state index is 0.0156. The third-order valence-electron chi connectivity index (χ3n) is 4.69. The largest absolute Gasteiger partial charge is 0.205 e. The maximum Gasteiger partial charge on any atom is 0.194 e. The topological polar surface area (TPSA) is 0 Å². The Bertz CT molecular complexity index is 958. The molecule has 0 nitrogen and oxygen atoms in total. The molecule has 0 saturated carbocycles. The zero-order valence-corrected chi connectivity index (χ0v) is 16.1. The smallest absolute Gasteiger partial charge is 0.194 e. The van der Waals surface area contributed by atoms with Crippen LogP contribution in [0.3, 0.4) is 0 Å². The lowest BCUT2D eigenvalue weighted by Gasteiger charge is -2.11. The predicted octanol–water partition coefficient (Wildman–Crippen LogP) is 7.30. The highest BCUT2D eigenvalue weighted by molar-refractivity contribution is 6.31. The van der Waals surface area contributed by atoms with Crippen molar-refractivity contribution in [3.63, 3.8) is 0 Å². The van der Waals surface area contributed by atoms with Crippen LogP contribution < -0.4 is 0 Å². The second-order valence-corrected chi connectivity index (χ2v) is 7.10. The summed E-state index contributed by atoms with van der Waals surface area (Å²) in [5.74, 6) is -4.51. The van der Waals surface area contributed by atoms with E-state index in [1.165, 1.54) is 5.56 Å². The van der Waals surface area contributed by atoms with Crippen molar-refractivity contribution in [3.05, 3.63) is 93.5 Å². The van der Waals surface area contributed by atoms with E-state index in [0.29, 0.717) is 11.1 Å². The number of hydrogen-bond acceptors (Lipinski definition) is 0. The van der Waals surface area contributed by atoms with Crippen molar-refractivity contribution >= 4 is 11.6 Å². The lowest BCUT2D eigenvalue weighted by molar-refractivity contribution is 0.445. The Kier molecular flexibility index (Phi) is 6.40. The number of aryl methyl sites for hydroxylation is 3. The summed E-state index contributed by atoms with van der Waals surface area (Å²) in [7, 11) is 0. The quantitative estimate of drug-likeness (QED) is 0.297. The number of hydrogen-bond donors (Lipinski definition) is 0. The van der Waals surface area contributed by atoms with E-state index in [-0.39, 0.29) is 23.4 Å². The van der Waals surface area contributed by atoms with Gasteiger partial charge in [-0.15, -0.1) is 0 Å². The van der Waals surface area contributed by atoms with Crippen molar-refractivity contribution in [2.24, 2.45) is 0 Å². The van der Waals surface area contributed by atoms with Crippen LogP contribution in [0.15, 0.2) is 48.5 Å². The van der Waals surface area contributed by atoms with E-state index in [1.54, 1.807) is 12.1 Å². The highest BCUT2D eigenvalue weighted by atomic mass is 35.5. The van der Waals surface area contributed by atoms with E-state index in [4.69, 9.17) is 11.6 Å². The molecule has 0 saturated heterocycles. The van der Waals surface area contributed by atoms with E-state index < -0.39 is 23.3 Å². The molecule has 0 spiro atoms. The molecule has 3 aromatic carbocycles. The molecule has 0 fully saturated rings. The molecule has 3 rings (SSSR count). The van der Waals surface area contributed by atoms with Crippen LogP contribution in [0.2, 0.25) is 5.02 Å². The molecule has 0 aliphatic heterocycles. The summed E-state index contributed by atoms with van der Waals surface area (Å²) >= 11 is 6.20. The third-order valence-corrected chi connectivity index (χ3v) is 5.10. The molecule has 5 heteroatoms. The molecular weight excluding hydrogens is 388 g/mol. The maximum atomic E-state index is 14.8. The first kappa shape index (κ1) is 20.4. The van der Waals surface area contributed by atoms with E-state index in [2.05, 4.69) is 6.92 Å². The van der Waals surface area contributed by atoms with Gasteiger partial charge in [0.2, 0.25) is 0 Å². The Morgan fingerprint density at radius 1 is 0.714 bits per heavy atom. The van der Waals surface area contributed by atoms with Gasteiger partial charge in [0.1, 0.15) is 5.82 Å². The van der Waals surface area contributed by atoms with Gasteiger partial charge in [-0.2, -0.15) is 0 Å². The van der Waals surface area contributed by atoms with Crippen molar-refractivity contribution in [1.82, 2.24) is 0 Å². The summed E-state index contributed by atoms with van der Waals surface area (Å²) in [5.41, 5.74) is 3.12. The minimum atomic E-state index is -1.50. The molecule has 0 N–H and O–H groups in total. The molecule has 0 unspecified atom stereocenters. The second kappa shape index (κ2) is 8.78. The van der Waals surface area contributed by atoms with Crippen LogP contribution in [0.1, 0.15) is 30.0 Å². The SMILES string of the molecule is CCCc1ccc(-c2ccc(CCc3cc(F)c(F)c(F)c3)c(Cl)c2F)cc1. The number of rotatable bonds is 6. The zero-order valence-electron chi connectivity index (χ0n) is 15.3. The number of benzene rings is 3. The summed E-state index contributed by atoms with van der Waals surface area (Å²) in [6.45, 7) is 2.10. The van der Waals surface area contributed by atoms with Gasteiger partial charge in [-0.1, -0.05) is 61.3 Å². The molecule has 0 heterocycles. The van der Waals surface area contributed by atoms with Crippen molar-refractivity contribution in [2.75, 3.05) is 0 Å². The Labute approximate surface area is 166 Å². The van der Waals surface area contributed by atoms with Crippen molar-refractivity contribution in [3.8, 4) is 11.1 Å². The average Bonchev–Trinajstić information content (AvgIpc) is 2.68. The maximum absolute atomic E-state index is 14.8. The fourth-order valence-corrected chi connectivity index (χ4v) is 3.44. The van der Waals surface area contributed by atoms with Gasteiger partial charge in [-0.05, 0) is 53.6 Å². The molecule has 0 aliphatic rings. The highest BCUT2D eigenvalue weighted by Gasteiger charge is 2.15. The zero-order chi connectivity index (χ0) is 20.3. The molecular formula is C23H19ClF4. The van der Waals surface area contributed by atoms with Gasteiger partial charge in [0, 0.05) is 5.56 Å². The normalized spacial score (nSPS) is 11.1. The van der Waals surface area contributed by atoms with Crippen LogP contribution in [0.4, 0.5) is 17.6 Å². The molecule has 0 amide bonds. The van der Waals surface area contributed by atoms with Crippen LogP contribution in [0, 0.1) is 23.3 Å². The Balaban J connectivity index is 1.80. The Morgan fingerprint density at radius 3 is 1.96 bits per heavy atom. The molecule has 0 aromatic heterocycles. The second-order valence-electron chi connectivity index (χ2n) is 6.72. The molecule has 0 radical (unpaired) electrons. The monoisotopic (exact) mass is 406 g/mol. The van der Waals surface area contributed by atoms with Crippen LogP contribution in [0.5, 0.6) is 0 Å². The standard InChI is InChI=1S/C23H19ClF4/c1-2-3-14-4-7-16(8-5-14)18-11-10-17(21(24)22(18)27)9-6-15-12-19(25)23(28)20(26)13-15/h4-5,7-8,10-13H,2-3,6,9H2,1H3. The molecule has 146 valence electrons. The van der Waals surface area contributed by atoms with Gasteiger partial charge in [0.15, 0.2) is 17.5 Å². The Hall–Kier alpha value is -2.33. The van der Waals surface area contributed by atoms with Crippen molar-refractivity contribution in [2.45, 2.75) is 32.6 Å². The van der Waals surface area contributed by atoms with Gasteiger partial charge >= 0.3 is 0 Å². The first-order valence-corrected chi connectivity index (χ1v) is 9.48. The molecule has 3 aromatic rings. The van der Waals surface area contributed by atoms with Crippen LogP contribution >= 0.6 is 11.6 Å². The average molecular weight is 407 g/mol. The first-order chi connectivity index (χ1) is 13.4. The van der Waals surface area contributed by atoms with Crippen LogP contribution in [-0.2, 0) is 19.3 Å². The predicted molar refractivity (Wildman–Crippen MR) is 105 cm³/mol. The lowest BCUT2D eigenvalue weighted by atomic mass is 9.98. The molecule has 0 bridgehead atoms. The van der Waals surface area contributed by atoms with Gasteiger partial charge in [-0.25, -0.2) is 17.6 Å². The van der Waals surface area contributed by atoms with Crippen molar-refractivity contribution < 1.29 is 17.6 Å². The summed E-state index contributed by atoms with van der Waals surface area (Å²) < 4.78 is 54.5. The van der Waals surface area contributed by atoms with E-state index in [9.17, 15) is 17.6 Å². The summed E-state index contributed by atoms with van der Waals surface area (Å²) in [5, 5.41) is -0.0156. The highest BCUT2D eigenvalue weighted by Crippen LogP contribution is 2.31. The fraction of sp³-hybridized carbons (Fsp3) is 0.217. The lowest BCUT2D eigenvalue weighted by Crippen LogP contribution is -1.99. The summed E-state index contributed by atoms with van der Waals surface area (Å²) in [6, 6.07) is 12.9.